The molecule has 20 heavy (non-hydrogen) atoms. The van der Waals surface area contributed by atoms with Crippen LogP contribution in [0.2, 0.25) is 0 Å². The molecule has 1 aliphatic heterocycles. The van der Waals surface area contributed by atoms with Crippen LogP contribution in [0.1, 0.15) is 17.3 Å². The smallest absolute Gasteiger partial charge is 0.176 e. The Hall–Kier alpha value is -1.59. The summed E-state index contributed by atoms with van der Waals surface area (Å²) in [5.74, 6) is 0.0405. The van der Waals surface area contributed by atoms with Crippen molar-refractivity contribution in [1.29, 1.82) is 0 Å². The molecular weight excluding hydrogens is 256 g/mol. The minimum Gasteiger partial charge on any atom is -0.504 e. The van der Waals surface area contributed by atoms with Gasteiger partial charge in [0.05, 0.1) is 6.54 Å². The van der Waals surface area contributed by atoms with E-state index in [0.717, 1.165) is 13.1 Å². The fourth-order valence-corrected chi connectivity index (χ4v) is 2.84. The molecule has 0 aliphatic carbocycles. The molecule has 2 unspecified atom stereocenters. The van der Waals surface area contributed by atoms with Crippen molar-refractivity contribution in [2.24, 2.45) is 5.92 Å². The maximum atomic E-state index is 12.2. The Morgan fingerprint density at radius 1 is 1.30 bits per heavy atom. The second kappa shape index (κ2) is 5.81. The highest BCUT2D eigenvalue weighted by atomic mass is 16.3. The summed E-state index contributed by atoms with van der Waals surface area (Å²) >= 11 is 0. The molecule has 2 atom stereocenters. The number of carbonyl (C=O) groups excluding carboxylic acids is 1. The van der Waals surface area contributed by atoms with Crippen molar-refractivity contribution in [1.82, 2.24) is 9.80 Å². The summed E-state index contributed by atoms with van der Waals surface area (Å²) < 4.78 is 0. The van der Waals surface area contributed by atoms with Gasteiger partial charge in [-0.05, 0) is 38.2 Å². The molecule has 1 aromatic carbocycles. The minimum absolute atomic E-state index is 0.0353. The van der Waals surface area contributed by atoms with Crippen LogP contribution in [0.25, 0.3) is 0 Å². The zero-order valence-corrected chi connectivity index (χ0v) is 12.2. The van der Waals surface area contributed by atoms with Crippen LogP contribution in [0.4, 0.5) is 0 Å². The standard InChI is InChI=1S/C15H22N2O3/c1-10-7-17(8-12(10)16(2)3)9-15(20)11-4-5-13(18)14(19)6-11/h4-6,10,12,18-19H,7-9H2,1-3H3. The third-order valence-corrected chi connectivity index (χ3v) is 3.98. The molecule has 0 amide bonds. The van der Waals surface area contributed by atoms with E-state index in [-0.39, 0.29) is 17.3 Å². The van der Waals surface area contributed by atoms with Crippen molar-refractivity contribution in [3.05, 3.63) is 23.8 Å². The number of phenols is 2. The molecule has 2 N–H and O–H groups in total. The van der Waals surface area contributed by atoms with Gasteiger partial charge in [-0.25, -0.2) is 0 Å². The summed E-state index contributed by atoms with van der Waals surface area (Å²) in [4.78, 5) is 16.5. The summed E-state index contributed by atoms with van der Waals surface area (Å²) in [7, 11) is 4.12. The largest absolute Gasteiger partial charge is 0.504 e. The van der Waals surface area contributed by atoms with Crippen LogP contribution < -0.4 is 0 Å². The summed E-state index contributed by atoms with van der Waals surface area (Å²) in [6.07, 6.45) is 0. The summed E-state index contributed by atoms with van der Waals surface area (Å²) in [5, 5.41) is 18.7. The van der Waals surface area contributed by atoms with Crippen LogP contribution in [0.15, 0.2) is 18.2 Å². The third kappa shape index (κ3) is 3.11. The first kappa shape index (κ1) is 14.8. The molecule has 0 bridgehead atoms. The normalized spacial score (nSPS) is 23.4. The van der Waals surface area contributed by atoms with E-state index in [1.54, 1.807) is 6.07 Å². The first-order chi connectivity index (χ1) is 9.38. The maximum Gasteiger partial charge on any atom is 0.176 e. The predicted molar refractivity (Wildman–Crippen MR) is 77.2 cm³/mol. The van der Waals surface area contributed by atoms with E-state index < -0.39 is 0 Å². The Morgan fingerprint density at radius 3 is 2.55 bits per heavy atom. The molecule has 1 saturated heterocycles. The number of Topliss-reactive ketones (excluding diaryl/α,β-unsaturated/α-hetero) is 1. The average molecular weight is 278 g/mol. The van der Waals surface area contributed by atoms with Gasteiger partial charge in [0.1, 0.15) is 0 Å². The van der Waals surface area contributed by atoms with Crippen LogP contribution in [0, 0.1) is 5.92 Å². The monoisotopic (exact) mass is 278 g/mol. The number of aromatic hydroxyl groups is 2. The van der Waals surface area contributed by atoms with Gasteiger partial charge in [0.15, 0.2) is 17.3 Å². The van der Waals surface area contributed by atoms with Crippen LogP contribution in [0.5, 0.6) is 11.5 Å². The van der Waals surface area contributed by atoms with E-state index in [4.69, 9.17) is 0 Å². The Bertz CT molecular complexity index is 502. The molecule has 110 valence electrons. The van der Waals surface area contributed by atoms with Gasteiger partial charge in [-0.2, -0.15) is 0 Å². The van der Waals surface area contributed by atoms with Crippen LogP contribution in [-0.2, 0) is 0 Å². The van der Waals surface area contributed by atoms with Gasteiger partial charge in [0.25, 0.3) is 0 Å². The summed E-state index contributed by atoms with van der Waals surface area (Å²) in [6.45, 7) is 4.32. The Morgan fingerprint density at radius 2 is 2.00 bits per heavy atom. The molecule has 0 aromatic heterocycles. The van der Waals surface area contributed by atoms with Gasteiger partial charge in [-0.1, -0.05) is 6.92 Å². The van der Waals surface area contributed by atoms with E-state index in [0.29, 0.717) is 24.1 Å². The first-order valence-electron chi connectivity index (χ1n) is 6.82. The van der Waals surface area contributed by atoms with Gasteiger partial charge in [-0.15, -0.1) is 0 Å². The second-order valence-electron chi connectivity index (χ2n) is 5.83. The number of likely N-dealkylation sites (tertiary alicyclic amines) is 1. The van der Waals surface area contributed by atoms with E-state index in [2.05, 4.69) is 30.8 Å². The zero-order valence-electron chi connectivity index (χ0n) is 12.2. The lowest BCUT2D eigenvalue weighted by Gasteiger charge is -2.22. The van der Waals surface area contributed by atoms with Gasteiger partial charge in [0.2, 0.25) is 0 Å². The molecular formula is C15H22N2O3. The fourth-order valence-electron chi connectivity index (χ4n) is 2.84. The highest BCUT2D eigenvalue weighted by Gasteiger charge is 2.31. The molecule has 1 heterocycles. The van der Waals surface area contributed by atoms with Gasteiger partial charge in [-0.3, -0.25) is 9.69 Å². The molecule has 0 radical (unpaired) electrons. The molecule has 0 spiro atoms. The molecule has 1 aromatic rings. The van der Waals surface area contributed by atoms with Crippen LogP contribution >= 0.6 is 0 Å². The maximum absolute atomic E-state index is 12.2. The fraction of sp³-hybridized carbons (Fsp3) is 0.533. The molecule has 0 saturated carbocycles. The third-order valence-electron chi connectivity index (χ3n) is 3.98. The summed E-state index contributed by atoms with van der Waals surface area (Å²) in [6, 6.07) is 4.68. The Balaban J connectivity index is 2.00. The number of rotatable bonds is 4. The predicted octanol–water partition coefficient (Wildman–Crippen LogP) is 1.16. The van der Waals surface area contributed by atoms with E-state index in [1.165, 1.54) is 12.1 Å². The molecule has 5 nitrogen and oxygen atoms in total. The number of hydrogen-bond acceptors (Lipinski definition) is 5. The topological polar surface area (TPSA) is 64.0 Å². The van der Waals surface area contributed by atoms with Crippen molar-refractivity contribution >= 4 is 5.78 Å². The van der Waals surface area contributed by atoms with Crippen molar-refractivity contribution < 1.29 is 15.0 Å². The number of phenolic OH excluding ortho intramolecular Hbond substituents is 2. The molecule has 5 heteroatoms. The lowest BCUT2D eigenvalue weighted by atomic mass is 10.1. The number of likely N-dealkylation sites (N-methyl/N-ethyl adjacent to an activating group) is 1. The number of nitrogens with zero attached hydrogens (tertiary/aromatic N) is 2. The number of hydrogen-bond donors (Lipinski definition) is 2. The summed E-state index contributed by atoms with van der Waals surface area (Å²) in [5.41, 5.74) is 0.432. The van der Waals surface area contributed by atoms with Gasteiger partial charge < -0.3 is 15.1 Å². The quantitative estimate of drug-likeness (QED) is 0.639. The lowest BCUT2D eigenvalue weighted by molar-refractivity contribution is 0.0940. The average Bonchev–Trinajstić information content (AvgIpc) is 2.73. The second-order valence-corrected chi connectivity index (χ2v) is 5.83. The van der Waals surface area contributed by atoms with Crippen molar-refractivity contribution in [2.75, 3.05) is 33.7 Å². The number of carbonyl (C=O) groups is 1. The van der Waals surface area contributed by atoms with Crippen molar-refractivity contribution in [2.45, 2.75) is 13.0 Å². The number of ketones is 1. The van der Waals surface area contributed by atoms with Crippen LogP contribution in [0.3, 0.4) is 0 Å². The van der Waals surface area contributed by atoms with Crippen LogP contribution in [-0.4, -0.2) is 65.6 Å². The first-order valence-corrected chi connectivity index (χ1v) is 6.82. The number of benzene rings is 1. The van der Waals surface area contributed by atoms with E-state index in [9.17, 15) is 15.0 Å². The van der Waals surface area contributed by atoms with E-state index in [1.807, 2.05) is 0 Å². The lowest BCUT2D eigenvalue weighted by Crippen LogP contribution is -2.35. The SMILES string of the molecule is CC1CN(CC(=O)c2ccc(O)c(O)c2)CC1N(C)C. The van der Waals surface area contributed by atoms with Gasteiger partial charge in [0, 0.05) is 24.7 Å². The molecule has 1 fully saturated rings. The highest BCUT2D eigenvalue weighted by Crippen LogP contribution is 2.26. The van der Waals surface area contributed by atoms with Gasteiger partial charge >= 0.3 is 0 Å². The molecule has 2 rings (SSSR count). The Labute approximate surface area is 119 Å². The van der Waals surface area contributed by atoms with E-state index >= 15 is 0 Å². The highest BCUT2D eigenvalue weighted by molar-refractivity contribution is 5.98. The minimum atomic E-state index is -0.253. The Kier molecular flexibility index (Phi) is 4.30. The van der Waals surface area contributed by atoms with Crippen molar-refractivity contribution in [3.63, 3.8) is 0 Å². The zero-order chi connectivity index (χ0) is 14.9. The van der Waals surface area contributed by atoms with Crippen molar-refractivity contribution in [3.8, 4) is 11.5 Å². The molecule has 1 aliphatic rings.